The fourth-order valence-electron chi connectivity index (χ4n) is 1.48. The molecule has 0 fully saturated rings. The Bertz CT molecular complexity index is 517. The van der Waals surface area contributed by atoms with Gasteiger partial charge in [-0.1, -0.05) is 13.1 Å². The van der Waals surface area contributed by atoms with Gasteiger partial charge in [0.05, 0.1) is 18.7 Å². The molecule has 6 nitrogen and oxygen atoms in total. The topological polar surface area (TPSA) is 98.6 Å². The van der Waals surface area contributed by atoms with Crippen LogP contribution in [0.15, 0.2) is 10.2 Å². The van der Waals surface area contributed by atoms with E-state index in [2.05, 4.69) is 10.2 Å². The number of carbonyl (C=O) groups excluding carboxylic acids is 1. The summed E-state index contributed by atoms with van der Waals surface area (Å²) in [6.45, 7) is 9.21. The van der Waals surface area contributed by atoms with Crippen molar-refractivity contribution in [2.45, 2.75) is 70.2 Å². The van der Waals surface area contributed by atoms with Gasteiger partial charge in [-0.25, -0.2) is 0 Å². The predicted molar refractivity (Wildman–Crippen MR) is 91.5 cm³/mol. The largest absolute Gasteiger partial charge is 0.466 e. The van der Waals surface area contributed by atoms with Crippen molar-refractivity contribution >= 4 is 24.4 Å². The van der Waals surface area contributed by atoms with E-state index in [4.69, 9.17) is 21.1 Å². The number of esters is 1. The Morgan fingerprint density at radius 2 is 1.83 bits per heavy atom. The van der Waals surface area contributed by atoms with Gasteiger partial charge in [0, 0.05) is 6.42 Å². The molecule has 0 radical (unpaired) electrons. The Morgan fingerprint density at radius 3 is 2.30 bits per heavy atom. The molecule has 0 saturated carbocycles. The molecule has 0 amide bonds. The Kier molecular flexibility index (Phi) is 8.44. The number of azo groups is 1. The Balaban J connectivity index is 4.33. The quantitative estimate of drug-likeness (QED) is 0.203. The number of carbonyl (C=O) groups is 1. The van der Waals surface area contributed by atoms with E-state index in [1.807, 2.05) is 25.2 Å². The third-order valence-electron chi connectivity index (χ3n) is 3.03. The highest BCUT2D eigenvalue weighted by Gasteiger charge is 2.27. The first-order valence-electron chi connectivity index (χ1n) is 7.54. The summed E-state index contributed by atoms with van der Waals surface area (Å²) in [6, 6.07) is 4.89. The van der Waals surface area contributed by atoms with Crippen molar-refractivity contribution < 1.29 is 9.53 Å². The Labute approximate surface area is 144 Å². The fraction of sp³-hybridized carbons (Fsp3) is 0.800. The van der Waals surface area contributed by atoms with Crippen molar-refractivity contribution in [2.24, 2.45) is 10.2 Å². The zero-order chi connectivity index (χ0) is 18.1. The molecule has 0 N–H and O–H groups in total. The number of halogens is 1. The summed E-state index contributed by atoms with van der Waals surface area (Å²) in [6.07, 6.45) is 1.03. The lowest BCUT2D eigenvalue weighted by Crippen LogP contribution is -2.23. The van der Waals surface area contributed by atoms with Crippen LogP contribution in [0.4, 0.5) is 0 Å². The highest BCUT2D eigenvalue weighted by molar-refractivity contribution is 7.19. The summed E-state index contributed by atoms with van der Waals surface area (Å²) in [5.41, 5.74) is -2.13. The van der Waals surface area contributed by atoms with Gasteiger partial charge in [-0.3, -0.25) is 4.79 Å². The molecular formula is C15H25ClN4O2Si. The van der Waals surface area contributed by atoms with Gasteiger partial charge in [0.1, 0.15) is 0 Å². The van der Waals surface area contributed by atoms with Gasteiger partial charge in [-0.15, -0.1) is 0 Å². The standard InChI is InChI=1S/C15H25ClN4O2Si/c1-14(2,11-17)19-20-15(3,12-18)8-7-13(21)22-9-6-10-23(4,5)16/h6-10H2,1-5H3/b20-19+. The minimum Gasteiger partial charge on any atom is -0.466 e. The maximum atomic E-state index is 11.7. The average Bonchev–Trinajstić information content (AvgIpc) is 2.47. The highest BCUT2D eigenvalue weighted by atomic mass is 35.6. The molecule has 0 saturated heterocycles. The van der Waals surface area contributed by atoms with Crippen LogP contribution in [0.3, 0.4) is 0 Å². The zero-order valence-electron chi connectivity index (χ0n) is 14.5. The summed E-state index contributed by atoms with van der Waals surface area (Å²) >= 11 is 6.19. The van der Waals surface area contributed by atoms with Crippen molar-refractivity contribution in [2.75, 3.05) is 6.61 Å². The molecule has 0 aromatic carbocycles. The van der Waals surface area contributed by atoms with Crippen LogP contribution >= 0.6 is 11.1 Å². The normalized spacial score (nSPS) is 14.8. The monoisotopic (exact) mass is 356 g/mol. The second-order valence-corrected chi connectivity index (χ2v) is 13.8. The molecule has 0 aromatic heterocycles. The van der Waals surface area contributed by atoms with E-state index in [0.29, 0.717) is 6.61 Å². The number of nitriles is 2. The summed E-state index contributed by atoms with van der Waals surface area (Å²) in [7, 11) is -1.63. The van der Waals surface area contributed by atoms with Crippen molar-refractivity contribution in [1.29, 1.82) is 10.5 Å². The molecule has 0 heterocycles. The van der Waals surface area contributed by atoms with Crippen molar-refractivity contribution in [3.8, 4) is 12.1 Å². The third-order valence-corrected chi connectivity index (χ3v) is 5.14. The van der Waals surface area contributed by atoms with E-state index < -0.39 is 18.5 Å². The van der Waals surface area contributed by atoms with Crippen LogP contribution in [0.2, 0.25) is 19.1 Å². The first-order chi connectivity index (χ1) is 10.4. The van der Waals surface area contributed by atoms with Gasteiger partial charge < -0.3 is 4.74 Å². The van der Waals surface area contributed by atoms with Crippen LogP contribution in [0, 0.1) is 22.7 Å². The first kappa shape index (κ1) is 21.6. The Hall–Kier alpha value is -1.44. The van der Waals surface area contributed by atoms with Crippen molar-refractivity contribution in [1.82, 2.24) is 0 Å². The predicted octanol–water partition coefficient (Wildman–Crippen LogP) is 4.18. The molecule has 1 atom stereocenters. The molecule has 0 aliphatic heterocycles. The molecule has 23 heavy (non-hydrogen) atoms. The average molecular weight is 357 g/mol. The summed E-state index contributed by atoms with van der Waals surface area (Å²) in [4.78, 5) is 11.7. The number of ether oxygens (including phenoxy) is 1. The van der Waals surface area contributed by atoms with Crippen LogP contribution in [-0.2, 0) is 9.53 Å². The maximum Gasteiger partial charge on any atom is 0.305 e. The molecule has 0 aliphatic carbocycles. The molecule has 0 aliphatic rings. The number of rotatable bonds is 9. The van der Waals surface area contributed by atoms with Crippen LogP contribution in [0.5, 0.6) is 0 Å². The first-order valence-corrected chi connectivity index (χ1v) is 11.8. The lowest BCUT2D eigenvalue weighted by atomic mass is 9.99. The highest BCUT2D eigenvalue weighted by Crippen LogP contribution is 2.21. The fourth-order valence-corrected chi connectivity index (χ4v) is 2.87. The SMILES string of the molecule is CC(C)(C#N)/N=N/C(C)(C#N)CCC(=O)OCCC[Si](C)(C)Cl. The van der Waals surface area contributed by atoms with Crippen LogP contribution < -0.4 is 0 Å². The summed E-state index contributed by atoms with van der Waals surface area (Å²) < 4.78 is 5.13. The van der Waals surface area contributed by atoms with E-state index in [-0.39, 0.29) is 18.8 Å². The van der Waals surface area contributed by atoms with Gasteiger partial charge in [-0.05, 0) is 39.7 Å². The second kappa shape index (κ2) is 9.00. The number of nitrogens with zero attached hydrogens (tertiary/aromatic N) is 4. The molecule has 0 aromatic rings. The zero-order valence-corrected chi connectivity index (χ0v) is 16.3. The minimum absolute atomic E-state index is 0.0811. The molecular weight excluding hydrogens is 332 g/mol. The molecule has 0 rings (SSSR count). The van der Waals surface area contributed by atoms with E-state index in [0.717, 1.165) is 12.5 Å². The number of hydrogen-bond donors (Lipinski definition) is 0. The molecule has 1 unspecified atom stereocenters. The Morgan fingerprint density at radius 1 is 1.22 bits per heavy atom. The van der Waals surface area contributed by atoms with Gasteiger partial charge in [-0.2, -0.15) is 31.8 Å². The molecule has 0 bridgehead atoms. The van der Waals surface area contributed by atoms with Crippen molar-refractivity contribution in [3.05, 3.63) is 0 Å². The van der Waals surface area contributed by atoms with Gasteiger partial charge in [0.25, 0.3) is 0 Å². The molecule has 0 spiro atoms. The van der Waals surface area contributed by atoms with Gasteiger partial charge >= 0.3 is 5.97 Å². The van der Waals surface area contributed by atoms with Gasteiger partial charge in [0.15, 0.2) is 18.5 Å². The van der Waals surface area contributed by atoms with E-state index >= 15 is 0 Å². The third kappa shape index (κ3) is 10.8. The van der Waals surface area contributed by atoms with E-state index in [1.54, 1.807) is 20.8 Å². The maximum absolute atomic E-state index is 11.7. The van der Waals surface area contributed by atoms with E-state index in [9.17, 15) is 10.1 Å². The van der Waals surface area contributed by atoms with Crippen LogP contribution in [-0.4, -0.2) is 31.0 Å². The lowest BCUT2D eigenvalue weighted by Gasteiger charge is -2.17. The smallest absolute Gasteiger partial charge is 0.305 e. The van der Waals surface area contributed by atoms with E-state index in [1.165, 1.54) is 0 Å². The van der Waals surface area contributed by atoms with Crippen LogP contribution in [0.1, 0.15) is 40.0 Å². The van der Waals surface area contributed by atoms with Crippen LogP contribution in [0.25, 0.3) is 0 Å². The lowest BCUT2D eigenvalue weighted by molar-refractivity contribution is -0.143. The molecule has 128 valence electrons. The summed E-state index contributed by atoms with van der Waals surface area (Å²) in [5.74, 6) is -0.365. The molecule has 8 heteroatoms. The minimum atomic E-state index is -1.63. The van der Waals surface area contributed by atoms with Gasteiger partial charge in [0.2, 0.25) is 0 Å². The summed E-state index contributed by atoms with van der Waals surface area (Å²) in [5, 5.41) is 25.9. The second-order valence-electron chi connectivity index (χ2n) is 6.80. The van der Waals surface area contributed by atoms with Crippen molar-refractivity contribution in [3.63, 3.8) is 0 Å². The number of hydrogen-bond acceptors (Lipinski definition) is 6.